The monoisotopic (exact) mass is 348 g/mol. The van der Waals surface area contributed by atoms with Gasteiger partial charge >= 0.3 is 0 Å². The van der Waals surface area contributed by atoms with Gasteiger partial charge in [0.15, 0.2) is 5.96 Å². The maximum atomic E-state index is 12.6. The molecule has 138 valence electrons. The first kappa shape index (κ1) is 17.7. The van der Waals surface area contributed by atoms with Gasteiger partial charge in [-0.3, -0.25) is 14.7 Å². The van der Waals surface area contributed by atoms with Crippen LogP contribution in [0.1, 0.15) is 25.5 Å². The smallest absolute Gasteiger partial charge is 0.239 e. The molecule has 1 N–H and O–H groups in total. The highest BCUT2D eigenvalue weighted by molar-refractivity contribution is 5.82. The van der Waals surface area contributed by atoms with E-state index in [1.54, 1.807) is 13.3 Å². The molecule has 0 aromatic carbocycles. The molecule has 0 spiro atoms. The van der Waals surface area contributed by atoms with Crippen molar-refractivity contribution in [1.29, 1.82) is 0 Å². The van der Waals surface area contributed by atoms with Crippen molar-refractivity contribution >= 4 is 11.9 Å². The van der Waals surface area contributed by atoms with E-state index >= 15 is 0 Å². The Kier molecular flexibility index (Phi) is 5.91. The minimum atomic E-state index is -0.0367. The van der Waals surface area contributed by atoms with E-state index in [0.717, 1.165) is 63.8 Å². The zero-order valence-electron chi connectivity index (χ0n) is 15.1. The summed E-state index contributed by atoms with van der Waals surface area (Å²) in [7, 11) is 1.79. The summed E-state index contributed by atoms with van der Waals surface area (Å²) >= 11 is 0. The van der Waals surface area contributed by atoms with Crippen LogP contribution in [0.25, 0.3) is 0 Å². The molecule has 2 aliphatic heterocycles. The van der Waals surface area contributed by atoms with Crippen LogP contribution in [0.4, 0.5) is 0 Å². The fourth-order valence-corrected chi connectivity index (χ4v) is 3.51. The lowest BCUT2D eigenvalue weighted by molar-refractivity contribution is -0.135. The average Bonchev–Trinajstić information content (AvgIpc) is 3.35. The molecule has 2 aliphatic rings. The number of carbonyl (C=O) groups excluding carboxylic acids is 1. The van der Waals surface area contributed by atoms with E-state index in [4.69, 9.17) is 4.52 Å². The van der Waals surface area contributed by atoms with Crippen molar-refractivity contribution in [1.82, 2.24) is 25.2 Å². The largest absolute Gasteiger partial charge is 0.364 e. The molecule has 1 atom stereocenters. The Morgan fingerprint density at radius 2 is 1.96 bits per heavy atom. The van der Waals surface area contributed by atoms with Crippen molar-refractivity contribution in [2.45, 2.75) is 32.4 Å². The van der Waals surface area contributed by atoms with Crippen molar-refractivity contribution in [2.24, 2.45) is 4.99 Å². The number of likely N-dealkylation sites (tertiary alicyclic amines) is 1. The number of rotatable bonds is 4. The summed E-state index contributed by atoms with van der Waals surface area (Å²) in [5.41, 5.74) is 0.851. The van der Waals surface area contributed by atoms with Gasteiger partial charge in [0.05, 0.1) is 12.6 Å². The lowest BCUT2D eigenvalue weighted by Crippen LogP contribution is -2.57. The van der Waals surface area contributed by atoms with Gasteiger partial charge in [-0.2, -0.15) is 0 Å². The van der Waals surface area contributed by atoms with Crippen molar-refractivity contribution in [3.63, 3.8) is 0 Å². The van der Waals surface area contributed by atoms with Gasteiger partial charge < -0.3 is 19.6 Å². The second kappa shape index (κ2) is 8.33. The van der Waals surface area contributed by atoms with Gasteiger partial charge in [-0.05, 0) is 19.8 Å². The normalized spacial score (nSPS) is 20.8. The minimum Gasteiger partial charge on any atom is -0.364 e. The van der Waals surface area contributed by atoms with Crippen molar-refractivity contribution in [2.75, 3.05) is 46.3 Å². The Bertz CT molecular complexity index is 574. The summed E-state index contributed by atoms with van der Waals surface area (Å²) in [4.78, 5) is 23.4. The third kappa shape index (κ3) is 4.31. The number of nitrogens with one attached hydrogen (secondary N) is 1. The molecular weight excluding hydrogens is 320 g/mol. The van der Waals surface area contributed by atoms with Gasteiger partial charge in [-0.15, -0.1) is 0 Å². The fourth-order valence-electron chi connectivity index (χ4n) is 3.51. The third-order valence-corrected chi connectivity index (χ3v) is 5.07. The molecule has 1 aromatic rings. The maximum absolute atomic E-state index is 12.6. The van der Waals surface area contributed by atoms with Crippen LogP contribution in [0, 0.1) is 0 Å². The van der Waals surface area contributed by atoms with E-state index in [1.807, 2.05) is 17.9 Å². The summed E-state index contributed by atoms with van der Waals surface area (Å²) in [5, 5.41) is 7.21. The number of aliphatic imine (C=N–C) groups is 1. The molecule has 2 fully saturated rings. The van der Waals surface area contributed by atoms with Gasteiger partial charge in [-0.25, -0.2) is 0 Å². The quantitative estimate of drug-likeness (QED) is 0.626. The molecule has 0 saturated carbocycles. The molecule has 8 nitrogen and oxygen atoms in total. The third-order valence-electron chi connectivity index (χ3n) is 5.07. The molecule has 1 aromatic heterocycles. The van der Waals surface area contributed by atoms with Crippen LogP contribution in [-0.2, 0) is 11.3 Å². The van der Waals surface area contributed by atoms with Crippen molar-refractivity contribution in [3.05, 3.63) is 18.0 Å². The second-order valence-electron chi connectivity index (χ2n) is 6.62. The molecule has 3 heterocycles. The maximum Gasteiger partial charge on any atom is 0.239 e. The van der Waals surface area contributed by atoms with E-state index < -0.39 is 0 Å². The number of carbonyl (C=O) groups is 1. The molecule has 3 rings (SSSR count). The molecule has 0 bridgehead atoms. The number of nitrogens with zero attached hydrogens (tertiary/aromatic N) is 5. The summed E-state index contributed by atoms with van der Waals surface area (Å²) < 4.78 is 4.84. The highest BCUT2D eigenvalue weighted by Gasteiger charge is 2.30. The molecule has 25 heavy (non-hydrogen) atoms. The lowest BCUT2D eigenvalue weighted by Gasteiger charge is -2.39. The van der Waals surface area contributed by atoms with Gasteiger partial charge in [0.2, 0.25) is 5.91 Å². The number of aromatic nitrogens is 1. The number of hydrogen-bond donors (Lipinski definition) is 1. The molecule has 1 unspecified atom stereocenters. The van der Waals surface area contributed by atoms with E-state index in [9.17, 15) is 4.79 Å². The number of piperazine rings is 1. The average molecular weight is 348 g/mol. The number of amides is 1. The van der Waals surface area contributed by atoms with Crippen LogP contribution in [0.5, 0.6) is 0 Å². The Morgan fingerprint density at radius 1 is 1.24 bits per heavy atom. The van der Waals surface area contributed by atoms with Crippen LogP contribution in [0.15, 0.2) is 21.8 Å². The van der Waals surface area contributed by atoms with E-state index in [1.165, 1.54) is 0 Å². The molecule has 2 saturated heterocycles. The summed E-state index contributed by atoms with van der Waals surface area (Å²) in [6.45, 7) is 7.91. The first-order valence-corrected chi connectivity index (χ1v) is 9.06. The van der Waals surface area contributed by atoms with Crippen molar-refractivity contribution in [3.8, 4) is 0 Å². The molecule has 8 heteroatoms. The van der Waals surface area contributed by atoms with Gasteiger partial charge in [0.25, 0.3) is 0 Å². The Labute approximate surface area is 148 Å². The van der Waals surface area contributed by atoms with Crippen LogP contribution >= 0.6 is 0 Å². The Hall–Kier alpha value is -2.09. The zero-order chi connectivity index (χ0) is 17.6. The van der Waals surface area contributed by atoms with Crippen molar-refractivity contribution < 1.29 is 9.32 Å². The SMILES string of the molecule is CN=C(NCc1ccon1)N1CCN(C(C)C(=O)N2CCCC2)CC1. The zero-order valence-corrected chi connectivity index (χ0v) is 15.1. The lowest BCUT2D eigenvalue weighted by atomic mass is 10.2. The summed E-state index contributed by atoms with van der Waals surface area (Å²) in [5.74, 6) is 1.14. The minimum absolute atomic E-state index is 0.0367. The van der Waals surface area contributed by atoms with E-state index in [-0.39, 0.29) is 11.9 Å². The van der Waals surface area contributed by atoms with E-state index in [0.29, 0.717) is 6.54 Å². The predicted octanol–water partition coefficient (Wildman–Crippen LogP) is 0.379. The molecule has 1 amide bonds. The second-order valence-corrected chi connectivity index (χ2v) is 6.62. The first-order valence-electron chi connectivity index (χ1n) is 9.06. The molecule has 0 aliphatic carbocycles. The topological polar surface area (TPSA) is 77.2 Å². The van der Waals surface area contributed by atoms with E-state index in [2.05, 4.69) is 25.3 Å². The van der Waals surface area contributed by atoms with Crippen LogP contribution in [0.2, 0.25) is 0 Å². The van der Waals surface area contributed by atoms with Gasteiger partial charge in [0.1, 0.15) is 12.0 Å². The van der Waals surface area contributed by atoms with Gasteiger partial charge in [-0.1, -0.05) is 5.16 Å². The van der Waals surface area contributed by atoms with Gasteiger partial charge in [0, 0.05) is 52.4 Å². The Balaban J connectivity index is 1.47. The van der Waals surface area contributed by atoms with Crippen LogP contribution in [0.3, 0.4) is 0 Å². The molecule has 0 radical (unpaired) electrons. The standard InChI is InChI=1S/C17H28N6O2/c1-14(16(24)22-6-3-4-7-22)21-8-10-23(11-9-21)17(18-2)19-13-15-5-12-25-20-15/h5,12,14H,3-4,6-11,13H2,1-2H3,(H,18,19). The highest BCUT2D eigenvalue weighted by Crippen LogP contribution is 2.14. The van der Waals surface area contributed by atoms with Crippen LogP contribution in [-0.4, -0.2) is 84.1 Å². The highest BCUT2D eigenvalue weighted by atomic mass is 16.5. The number of guanidine groups is 1. The summed E-state index contributed by atoms with van der Waals surface area (Å²) in [6.07, 6.45) is 3.84. The fraction of sp³-hybridized carbons (Fsp3) is 0.706. The number of hydrogen-bond acceptors (Lipinski definition) is 5. The van der Waals surface area contributed by atoms with Crippen LogP contribution < -0.4 is 5.32 Å². The summed E-state index contributed by atoms with van der Waals surface area (Å²) in [6, 6.07) is 1.80. The first-order chi connectivity index (χ1) is 12.2. The predicted molar refractivity (Wildman–Crippen MR) is 95.1 cm³/mol. The molecular formula is C17H28N6O2. The Morgan fingerprint density at radius 3 is 2.56 bits per heavy atom.